The molecule has 1 aliphatic heterocycles. The third-order valence-electron chi connectivity index (χ3n) is 3.99. The van der Waals surface area contributed by atoms with Crippen LogP contribution in [0.4, 0.5) is 15.5 Å². The molecule has 0 aliphatic carbocycles. The molecule has 8 heteroatoms. The lowest BCUT2D eigenvalue weighted by Gasteiger charge is -2.14. The number of esters is 1. The molecule has 0 saturated carbocycles. The highest BCUT2D eigenvalue weighted by Gasteiger charge is 2.41. The summed E-state index contributed by atoms with van der Waals surface area (Å²) >= 11 is 2.28. The Morgan fingerprint density at radius 1 is 1.23 bits per heavy atom. The molecule has 1 aromatic carbocycles. The standard InChI is InChI=1S/C18H18N2O4S2/c1-4-24-17(22)13-10(2)11(3)25-14(13)19-15-16(21)20(18(23)26-15)12-8-6-5-7-9-12/h5-9,15,19H,4H2,1-3H3. The zero-order valence-electron chi connectivity index (χ0n) is 14.6. The van der Waals surface area contributed by atoms with Crippen molar-refractivity contribution in [2.75, 3.05) is 16.8 Å². The number of para-hydroxylation sites is 1. The number of carbonyl (C=O) groups excluding carboxylic acids is 3. The number of nitrogens with zero attached hydrogens (tertiary/aromatic N) is 1. The normalized spacial score (nSPS) is 16.9. The van der Waals surface area contributed by atoms with Gasteiger partial charge in [-0.1, -0.05) is 18.2 Å². The van der Waals surface area contributed by atoms with Crippen molar-refractivity contribution in [1.82, 2.24) is 0 Å². The van der Waals surface area contributed by atoms with Gasteiger partial charge in [0.25, 0.3) is 11.1 Å². The van der Waals surface area contributed by atoms with Crippen molar-refractivity contribution in [3.8, 4) is 0 Å². The monoisotopic (exact) mass is 390 g/mol. The molecule has 2 heterocycles. The van der Waals surface area contributed by atoms with Crippen molar-refractivity contribution in [1.29, 1.82) is 0 Å². The summed E-state index contributed by atoms with van der Waals surface area (Å²) in [6.07, 6.45) is 0. The largest absolute Gasteiger partial charge is 0.462 e. The highest BCUT2D eigenvalue weighted by atomic mass is 32.2. The average Bonchev–Trinajstić information content (AvgIpc) is 3.04. The first-order chi connectivity index (χ1) is 12.4. The van der Waals surface area contributed by atoms with Crippen LogP contribution in [0, 0.1) is 13.8 Å². The molecule has 1 unspecified atom stereocenters. The van der Waals surface area contributed by atoms with Gasteiger partial charge in [-0.2, -0.15) is 0 Å². The Kier molecular flexibility index (Phi) is 5.33. The molecule has 1 saturated heterocycles. The number of hydrogen-bond donors (Lipinski definition) is 1. The van der Waals surface area contributed by atoms with E-state index in [9.17, 15) is 14.4 Å². The minimum absolute atomic E-state index is 0.268. The molecule has 0 radical (unpaired) electrons. The molecule has 3 rings (SSSR count). The van der Waals surface area contributed by atoms with E-state index in [4.69, 9.17) is 4.74 Å². The van der Waals surface area contributed by atoms with Gasteiger partial charge < -0.3 is 10.1 Å². The summed E-state index contributed by atoms with van der Waals surface area (Å²) in [7, 11) is 0. The Hall–Kier alpha value is -2.32. The molecule has 1 fully saturated rings. The van der Waals surface area contributed by atoms with Crippen molar-refractivity contribution < 1.29 is 19.1 Å². The van der Waals surface area contributed by atoms with Gasteiger partial charge in [-0.25, -0.2) is 9.69 Å². The van der Waals surface area contributed by atoms with E-state index >= 15 is 0 Å². The molecule has 2 amide bonds. The number of rotatable bonds is 5. The van der Waals surface area contributed by atoms with Crippen LogP contribution >= 0.6 is 23.1 Å². The topological polar surface area (TPSA) is 75.7 Å². The lowest BCUT2D eigenvalue weighted by molar-refractivity contribution is -0.116. The van der Waals surface area contributed by atoms with E-state index in [1.54, 1.807) is 31.2 Å². The van der Waals surface area contributed by atoms with Gasteiger partial charge in [0.15, 0.2) is 5.37 Å². The molecule has 0 spiro atoms. The zero-order chi connectivity index (χ0) is 18.8. The van der Waals surface area contributed by atoms with Crippen molar-refractivity contribution in [2.45, 2.75) is 26.1 Å². The minimum atomic E-state index is -0.784. The SMILES string of the molecule is CCOC(=O)c1c(NC2SC(=O)N(c3ccccc3)C2=O)sc(C)c1C. The fourth-order valence-electron chi connectivity index (χ4n) is 2.61. The maximum Gasteiger partial charge on any atom is 0.341 e. The predicted molar refractivity (Wildman–Crippen MR) is 104 cm³/mol. The van der Waals surface area contributed by atoms with Gasteiger partial charge in [0.1, 0.15) is 5.00 Å². The molecule has 1 aromatic heterocycles. The number of ether oxygens (including phenoxy) is 1. The molecule has 6 nitrogen and oxygen atoms in total. The first-order valence-electron chi connectivity index (χ1n) is 8.07. The van der Waals surface area contributed by atoms with Crippen LogP contribution in [0.1, 0.15) is 27.7 Å². The van der Waals surface area contributed by atoms with Crippen molar-refractivity contribution >= 4 is 50.9 Å². The van der Waals surface area contributed by atoms with E-state index in [0.29, 0.717) is 16.3 Å². The van der Waals surface area contributed by atoms with Crippen molar-refractivity contribution in [2.24, 2.45) is 0 Å². The Labute approximate surface area is 159 Å². The summed E-state index contributed by atoms with van der Waals surface area (Å²) in [4.78, 5) is 39.4. The molecule has 1 atom stereocenters. The number of anilines is 2. The number of benzene rings is 1. The van der Waals surface area contributed by atoms with Crippen molar-refractivity contribution in [3.05, 3.63) is 46.3 Å². The highest BCUT2D eigenvalue weighted by molar-refractivity contribution is 8.16. The Morgan fingerprint density at radius 3 is 2.58 bits per heavy atom. The predicted octanol–water partition coefficient (Wildman–Crippen LogP) is 4.18. The second-order valence-electron chi connectivity index (χ2n) is 5.63. The summed E-state index contributed by atoms with van der Waals surface area (Å²) < 4.78 is 5.12. The number of aryl methyl sites for hydroxylation is 1. The van der Waals surface area contributed by atoms with Gasteiger partial charge in [0.05, 0.1) is 17.9 Å². The summed E-state index contributed by atoms with van der Waals surface area (Å²) in [6.45, 7) is 5.75. The van der Waals surface area contributed by atoms with Gasteiger partial charge in [0.2, 0.25) is 0 Å². The van der Waals surface area contributed by atoms with Crippen LogP contribution in [0.2, 0.25) is 0 Å². The fraction of sp³-hybridized carbons (Fsp3) is 0.278. The second-order valence-corrected chi connectivity index (χ2v) is 7.91. The Morgan fingerprint density at radius 2 is 1.92 bits per heavy atom. The van der Waals surface area contributed by atoms with E-state index < -0.39 is 11.3 Å². The summed E-state index contributed by atoms with van der Waals surface area (Å²) in [5, 5.41) is 2.48. The summed E-state index contributed by atoms with van der Waals surface area (Å²) in [5.41, 5.74) is 1.77. The molecule has 136 valence electrons. The number of hydrogen-bond acceptors (Lipinski definition) is 7. The van der Waals surface area contributed by atoms with Gasteiger partial charge in [0, 0.05) is 4.88 Å². The molecular formula is C18H18N2O4S2. The minimum Gasteiger partial charge on any atom is -0.462 e. The molecule has 1 N–H and O–H groups in total. The first kappa shape index (κ1) is 18.5. The average molecular weight is 390 g/mol. The van der Waals surface area contributed by atoms with E-state index in [-0.39, 0.29) is 17.8 Å². The fourth-order valence-corrected chi connectivity index (χ4v) is 4.65. The van der Waals surface area contributed by atoms with Gasteiger partial charge in [-0.15, -0.1) is 11.3 Å². The zero-order valence-corrected chi connectivity index (χ0v) is 16.2. The first-order valence-corrected chi connectivity index (χ1v) is 9.77. The van der Waals surface area contributed by atoms with Gasteiger partial charge >= 0.3 is 5.97 Å². The van der Waals surface area contributed by atoms with Crippen LogP contribution in [0.5, 0.6) is 0 Å². The molecule has 26 heavy (non-hydrogen) atoms. The number of amides is 2. The van der Waals surface area contributed by atoms with Crippen LogP contribution in [-0.2, 0) is 9.53 Å². The number of carbonyl (C=O) groups is 3. The maximum absolute atomic E-state index is 12.7. The van der Waals surface area contributed by atoms with Crippen molar-refractivity contribution in [3.63, 3.8) is 0 Å². The third kappa shape index (κ3) is 3.34. The number of thioether (sulfide) groups is 1. The second kappa shape index (κ2) is 7.51. The number of imide groups is 1. The molecule has 0 bridgehead atoms. The van der Waals surface area contributed by atoms with Gasteiger partial charge in [-0.3, -0.25) is 9.59 Å². The van der Waals surface area contributed by atoms with Crippen LogP contribution < -0.4 is 10.2 Å². The Bertz CT molecular complexity index is 864. The molecule has 1 aliphatic rings. The lowest BCUT2D eigenvalue weighted by Crippen LogP contribution is -2.34. The lowest BCUT2D eigenvalue weighted by atomic mass is 10.1. The van der Waals surface area contributed by atoms with Crippen LogP contribution in [-0.4, -0.2) is 29.1 Å². The molecular weight excluding hydrogens is 372 g/mol. The number of nitrogens with one attached hydrogen (secondary N) is 1. The van der Waals surface area contributed by atoms with E-state index in [1.807, 2.05) is 19.9 Å². The van der Waals surface area contributed by atoms with E-state index in [0.717, 1.165) is 27.1 Å². The van der Waals surface area contributed by atoms with Crippen LogP contribution in [0.3, 0.4) is 0 Å². The van der Waals surface area contributed by atoms with E-state index in [1.165, 1.54) is 11.3 Å². The number of thiophene rings is 1. The van der Waals surface area contributed by atoms with Gasteiger partial charge in [-0.05, 0) is 50.2 Å². The van der Waals surface area contributed by atoms with Crippen LogP contribution in [0.25, 0.3) is 0 Å². The quantitative estimate of drug-likeness (QED) is 0.772. The van der Waals surface area contributed by atoms with E-state index in [2.05, 4.69) is 5.32 Å². The summed E-state index contributed by atoms with van der Waals surface area (Å²) in [6, 6.07) is 8.78. The molecule has 2 aromatic rings. The Balaban J connectivity index is 1.86. The summed E-state index contributed by atoms with van der Waals surface area (Å²) in [5.74, 6) is -0.789. The van der Waals surface area contributed by atoms with Crippen LogP contribution in [0.15, 0.2) is 30.3 Å². The third-order valence-corrected chi connectivity index (χ3v) is 6.07. The highest BCUT2D eigenvalue weighted by Crippen LogP contribution is 2.38. The maximum atomic E-state index is 12.7. The smallest absolute Gasteiger partial charge is 0.341 e.